The summed E-state index contributed by atoms with van der Waals surface area (Å²) in [5.41, 5.74) is 7.17. The van der Waals surface area contributed by atoms with E-state index in [1.165, 1.54) is 0 Å². The van der Waals surface area contributed by atoms with Crippen molar-refractivity contribution < 1.29 is 9.53 Å². The fourth-order valence-electron chi connectivity index (χ4n) is 4.04. The molecule has 2 fully saturated rings. The zero-order chi connectivity index (χ0) is 19.5. The van der Waals surface area contributed by atoms with Crippen LogP contribution in [-0.4, -0.2) is 59.1 Å². The molecule has 7 heteroatoms. The number of hydrogen-bond acceptors (Lipinski definition) is 6. The highest BCUT2D eigenvalue weighted by Crippen LogP contribution is 2.27. The predicted octanol–water partition coefficient (Wildman–Crippen LogP) is 1.86. The van der Waals surface area contributed by atoms with Gasteiger partial charge in [0.05, 0.1) is 18.2 Å². The largest absolute Gasteiger partial charge is 0.490 e. The minimum atomic E-state index is -0.116. The number of pyridine rings is 1. The molecule has 0 aliphatic carbocycles. The minimum Gasteiger partial charge on any atom is -0.490 e. The van der Waals surface area contributed by atoms with E-state index < -0.39 is 0 Å². The number of amides is 1. The van der Waals surface area contributed by atoms with Crippen molar-refractivity contribution in [2.24, 2.45) is 5.73 Å². The molecule has 4 rings (SSSR count). The van der Waals surface area contributed by atoms with Gasteiger partial charge in [-0.1, -0.05) is 6.07 Å². The van der Waals surface area contributed by atoms with Gasteiger partial charge in [-0.25, -0.2) is 4.98 Å². The number of fused-ring (bicyclic) bond motifs is 1. The number of piperidine rings is 1. The summed E-state index contributed by atoms with van der Waals surface area (Å²) in [4.78, 5) is 20.8. The average molecular weight is 379 g/mol. The van der Waals surface area contributed by atoms with Gasteiger partial charge in [0, 0.05) is 25.0 Å². The second-order valence-electron chi connectivity index (χ2n) is 7.52. The van der Waals surface area contributed by atoms with Crippen LogP contribution >= 0.6 is 0 Å². The topological polar surface area (TPSA) is 95.5 Å². The van der Waals surface area contributed by atoms with Crippen molar-refractivity contribution in [2.75, 3.05) is 26.2 Å². The Morgan fingerprint density at radius 1 is 1.21 bits per heavy atom. The van der Waals surface area contributed by atoms with E-state index in [-0.39, 0.29) is 18.2 Å². The number of hydrogen-bond donors (Lipinski definition) is 1. The summed E-state index contributed by atoms with van der Waals surface area (Å²) >= 11 is 0. The lowest BCUT2D eigenvalue weighted by Crippen LogP contribution is -2.48. The fraction of sp³-hybridized carbons (Fsp3) is 0.476. The normalized spacial score (nSPS) is 21.0. The van der Waals surface area contributed by atoms with Crippen LogP contribution in [0.3, 0.4) is 0 Å². The van der Waals surface area contributed by atoms with Crippen molar-refractivity contribution in [1.82, 2.24) is 14.8 Å². The molecule has 146 valence electrons. The lowest BCUT2D eigenvalue weighted by atomic mass is 10.1. The zero-order valence-electron chi connectivity index (χ0n) is 15.9. The number of nitrogens with zero attached hydrogens (tertiary/aromatic N) is 4. The summed E-state index contributed by atoms with van der Waals surface area (Å²) in [6, 6.07) is 11.4. The Balaban J connectivity index is 1.34. The molecule has 0 saturated carbocycles. The second kappa shape index (κ2) is 8.13. The zero-order valence-corrected chi connectivity index (χ0v) is 15.9. The molecule has 7 nitrogen and oxygen atoms in total. The highest BCUT2D eigenvalue weighted by atomic mass is 16.5. The molecule has 1 aromatic heterocycles. The van der Waals surface area contributed by atoms with E-state index >= 15 is 0 Å². The Morgan fingerprint density at radius 3 is 2.75 bits per heavy atom. The van der Waals surface area contributed by atoms with Crippen LogP contribution in [0, 0.1) is 11.3 Å². The molecule has 3 heterocycles. The van der Waals surface area contributed by atoms with E-state index in [4.69, 9.17) is 15.7 Å². The number of nitrogens with two attached hydrogens (primary N) is 1. The number of aromatic nitrogens is 1. The number of likely N-dealkylation sites (tertiary alicyclic amines) is 2. The van der Waals surface area contributed by atoms with E-state index in [1.807, 2.05) is 24.3 Å². The van der Waals surface area contributed by atoms with E-state index in [1.54, 1.807) is 11.0 Å². The maximum atomic E-state index is 12.4. The molecule has 2 aliphatic heterocycles. The number of nitriles is 1. The van der Waals surface area contributed by atoms with Gasteiger partial charge >= 0.3 is 0 Å². The molecule has 1 amide bonds. The Morgan fingerprint density at radius 2 is 2.04 bits per heavy atom. The summed E-state index contributed by atoms with van der Waals surface area (Å²) in [6.45, 7) is 2.89. The molecule has 0 radical (unpaired) electrons. The summed E-state index contributed by atoms with van der Waals surface area (Å²) < 4.78 is 6.25. The van der Waals surface area contributed by atoms with Gasteiger partial charge in [0.2, 0.25) is 5.91 Å². The van der Waals surface area contributed by atoms with Crippen LogP contribution < -0.4 is 10.5 Å². The van der Waals surface area contributed by atoms with Crippen LogP contribution in [0.1, 0.15) is 31.4 Å². The number of rotatable bonds is 4. The Bertz CT molecular complexity index is 901. The van der Waals surface area contributed by atoms with Crippen LogP contribution in [0.15, 0.2) is 30.3 Å². The first-order valence-electron chi connectivity index (χ1n) is 9.88. The van der Waals surface area contributed by atoms with Crippen molar-refractivity contribution in [3.8, 4) is 11.8 Å². The summed E-state index contributed by atoms with van der Waals surface area (Å²) in [5.74, 6) is 0.935. The molecule has 28 heavy (non-hydrogen) atoms. The van der Waals surface area contributed by atoms with E-state index in [2.05, 4.69) is 16.0 Å². The molecule has 0 unspecified atom stereocenters. The average Bonchev–Trinajstić information content (AvgIpc) is 3.15. The first-order chi connectivity index (χ1) is 13.6. The highest BCUT2D eigenvalue weighted by Gasteiger charge is 2.28. The monoisotopic (exact) mass is 379 g/mol. The number of ether oxygens (including phenoxy) is 1. The van der Waals surface area contributed by atoms with Gasteiger partial charge in [0.15, 0.2) is 0 Å². The predicted molar refractivity (Wildman–Crippen MR) is 105 cm³/mol. The van der Waals surface area contributed by atoms with Crippen molar-refractivity contribution in [1.29, 1.82) is 5.26 Å². The maximum absolute atomic E-state index is 12.4. The molecule has 2 aromatic rings. The Kier molecular flexibility index (Phi) is 5.42. The van der Waals surface area contributed by atoms with Gasteiger partial charge in [0.1, 0.15) is 23.6 Å². The molecule has 2 aliphatic rings. The van der Waals surface area contributed by atoms with Crippen LogP contribution in [0.2, 0.25) is 0 Å². The molecule has 1 atom stereocenters. The van der Waals surface area contributed by atoms with Crippen LogP contribution in [0.5, 0.6) is 5.75 Å². The van der Waals surface area contributed by atoms with Crippen LogP contribution in [-0.2, 0) is 4.79 Å². The van der Waals surface area contributed by atoms with Crippen molar-refractivity contribution >= 4 is 16.8 Å². The lowest BCUT2D eigenvalue weighted by molar-refractivity contribution is -0.133. The van der Waals surface area contributed by atoms with Gasteiger partial charge in [0.25, 0.3) is 0 Å². The van der Waals surface area contributed by atoms with Crippen molar-refractivity contribution in [3.63, 3.8) is 0 Å². The van der Waals surface area contributed by atoms with E-state index in [0.717, 1.165) is 62.0 Å². The Hall–Kier alpha value is -2.69. The summed E-state index contributed by atoms with van der Waals surface area (Å²) in [6.07, 6.45) is 3.64. The Labute approximate surface area is 164 Å². The second-order valence-corrected chi connectivity index (χ2v) is 7.52. The van der Waals surface area contributed by atoms with Crippen molar-refractivity contribution in [2.45, 2.75) is 38.0 Å². The third kappa shape index (κ3) is 3.93. The fourth-order valence-corrected chi connectivity index (χ4v) is 4.04. The first-order valence-corrected chi connectivity index (χ1v) is 9.88. The summed E-state index contributed by atoms with van der Waals surface area (Å²) in [7, 11) is 0. The SMILES string of the molecule is N#Cc1ccc2c(OC3CCN(CC(=O)N4CCC[C@H]4N)CC3)cccc2n1. The number of benzene rings is 1. The minimum absolute atomic E-state index is 0.113. The molecule has 0 spiro atoms. The quantitative estimate of drug-likeness (QED) is 0.871. The molecule has 2 saturated heterocycles. The highest BCUT2D eigenvalue weighted by molar-refractivity contribution is 5.85. The van der Waals surface area contributed by atoms with Crippen molar-refractivity contribution in [3.05, 3.63) is 36.0 Å². The third-order valence-electron chi connectivity index (χ3n) is 5.61. The molecule has 0 bridgehead atoms. The molecular formula is C21H25N5O2. The molecule has 1 aromatic carbocycles. The van der Waals surface area contributed by atoms with Gasteiger partial charge in [-0.3, -0.25) is 9.69 Å². The third-order valence-corrected chi connectivity index (χ3v) is 5.61. The van der Waals surface area contributed by atoms with Gasteiger partial charge < -0.3 is 15.4 Å². The number of carbonyl (C=O) groups excluding carboxylic acids is 1. The number of carbonyl (C=O) groups is 1. The van der Waals surface area contributed by atoms with Gasteiger partial charge in [-0.05, 0) is 49.9 Å². The van der Waals surface area contributed by atoms with Crippen LogP contribution in [0.25, 0.3) is 10.9 Å². The van der Waals surface area contributed by atoms with Gasteiger partial charge in [-0.15, -0.1) is 0 Å². The molecular weight excluding hydrogens is 354 g/mol. The van der Waals surface area contributed by atoms with Gasteiger partial charge in [-0.2, -0.15) is 5.26 Å². The molecule has 2 N–H and O–H groups in total. The maximum Gasteiger partial charge on any atom is 0.237 e. The standard InChI is InChI=1S/C21H25N5O2/c22-13-15-6-7-17-18(24-15)3-1-4-19(17)28-16-8-11-25(12-9-16)14-21(27)26-10-2-5-20(26)23/h1,3-4,6-7,16,20H,2,5,8-12,14,23H2/t20-/m0/s1. The lowest BCUT2D eigenvalue weighted by Gasteiger charge is -2.33. The smallest absolute Gasteiger partial charge is 0.237 e. The van der Waals surface area contributed by atoms with E-state index in [0.29, 0.717) is 12.2 Å². The summed E-state index contributed by atoms with van der Waals surface area (Å²) in [5, 5.41) is 9.93. The first kappa shape index (κ1) is 18.7. The van der Waals surface area contributed by atoms with Crippen LogP contribution in [0.4, 0.5) is 0 Å². The van der Waals surface area contributed by atoms with E-state index in [9.17, 15) is 4.79 Å².